The average molecular weight is 380 g/mol. The van der Waals surface area contributed by atoms with Crippen LogP contribution < -0.4 is 5.32 Å². The predicted octanol–water partition coefficient (Wildman–Crippen LogP) is 4.46. The van der Waals surface area contributed by atoms with Crippen LogP contribution in [-0.4, -0.2) is 25.0 Å². The van der Waals surface area contributed by atoms with Crippen molar-refractivity contribution in [3.05, 3.63) is 69.7 Å². The Morgan fingerprint density at radius 2 is 1.80 bits per heavy atom. The van der Waals surface area contributed by atoms with E-state index in [-0.39, 0.29) is 35.3 Å². The molecule has 2 rings (SSSR count). The Kier molecular flexibility index (Phi) is 6.85. The van der Waals surface area contributed by atoms with Gasteiger partial charge in [-0.1, -0.05) is 53.5 Å². The number of carbonyl (C=O) groups is 2. The van der Waals surface area contributed by atoms with Gasteiger partial charge in [0, 0.05) is 17.0 Å². The minimum absolute atomic E-state index is 0.163. The highest BCUT2D eigenvalue weighted by Crippen LogP contribution is 2.25. The van der Waals surface area contributed by atoms with Crippen molar-refractivity contribution in [3.63, 3.8) is 0 Å². The third-order valence-corrected chi connectivity index (χ3v) is 4.53. The zero-order valence-corrected chi connectivity index (χ0v) is 15.5. The zero-order chi connectivity index (χ0) is 18.4. The Bertz CT molecular complexity index is 750. The van der Waals surface area contributed by atoms with Gasteiger partial charge in [0.15, 0.2) is 0 Å². The Labute approximate surface area is 157 Å². The summed E-state index contributed by atoms with van der Waals surface area (Å²) in [6.07, 6.45) is 0.163. The largest absolute Gasteiger partial charge is 0.469 e. The number of esters is 1. The van der Waals surface area contributed by atoms with Crippen LogP contribution in [0.4, 0.5) is 0 Å². The summed E-state index contributed by atoms with van der Waals surface area (Å²) >= 11 is 12.0. The molecule has 0 spiro atoms. The number of hydrogen-bond acceptors (Lipinski definition) is 3. The molecule has 25 heavy (non-hydrogen) atoms. The summed E-state index contributed by atoms with van der Waals surface area (Å²) in [6.45, 7) is 1.85. The van der Waals surface area contributed by atoms with E-state index >= 15 is 0 Å². The van der Waals surface area contributed by atoms with Crippen molar-refractivity contribution >= 4 is 35.1 Å². The first-order valence-electron chi connectivity index (χ1n) is 7.80. The molecule has 0 aliphatic carbocycles. The fourth-order valence-electron chi connectivity index (χ4n) is 2.61. The number of rotatable bonds is 6. The second-order valence-corrected chi connectivity index (χ2v) is 6.53. The van der Waals surface area contributed by atoms with Crippen LogP contribution in [0, 0.1) is 0 Å². The third-order valence-electron chi connectivity index (χ3n) is 3.98. The molecule has 0 aliphatic rings. The van der Waals surface area contributed by atoms with Crippen molar-refractivity contribution in [1.82, 2.24) is 5.32 Å². The highest BCUT2D eigenvalue weighted by atomic mass is 35.5. The normalized spacial score (nSPS) is 13.0. The van der Waals surface area contributed by atoms with Gasteiger partial charge >= 0.3 is 5.97 Å². The molecule has 0 fully saturated rings. The van der Waals surface area contributed by atoms with Crippen LogP contribution in [0.1, 0.15) is 35.2 Å². The Balaban J connectivity index is 2.19. The number of nitrogens with one attached hydrogen (secondary N) is 1. The molecule has 0 bridgehead atoms. The van der Waals surface area contributed by atoms with E-state index in [1.54, 1.807) is 12.1 Å². The Hall–Kier alpha value is -2.04. The van der Waals surface area contributed by atoms with Gasteiger partial charge < -0.3 is 10.1 Å². The van der Waals surface area contributed by atoms with Crippen LogP contribution in [0.15, 0.2) is 48.5 Å². The van der Waals surface area contributed by atoms with Gasteiger partial charge in [-0.2, -0.15) is 0 Å². The molecular formula is C19H19Cl2NO3. The third kappa shape index (κ3) is 5.21. The minimum atomic E-state index is -0.334. The van der Waals surface area contributed by atoms with Crippen LogP contribution in [-0.2, 0) is 9.53 Å². The molecule has 0 saturated heterocycles. The first-order valence-corrected chi connectivity index (χ1v) is 8.55. The van der Waals surface area contributed by atoms with Gasteiger partial charge in [-0.15, -0.1) is 0 Å². The minimum Gasteiger partial charge on any atom is -0.469 e. The van der Waals surface area contributed by atoms with Crippen LogP contribution in [0.3, 0.4) is 0 Å². The van der Waals surface area contributed by atoms with Crippen molar-refractivity contribution in [1.29, 1.82) is 0 Å². The van der Waals surface area contributed by atoms with Gasteiger partial charge in [0.2, 0.25) is 0 Å². The zero-order valence-electron chi connectivity index (χ0n) is 14.0. The molecule has 1 N–H and O–H groups in total. The molecule has 0 aliphatic heterocycles. The van der Waals surface area contributed by atoms with E-state index in [1.807, 2.05) is 37.3 Å². The van der Waals surface area contributed by atoms with Crippen molar-refractivity contribution in [2.75, 3.05) is 7.11 Å². The van der Waals surface area contributed by atoms with Crippen molar-refractivity contribution in [2.45, 2.75) is 25.3 Å². The first-order chi connectivity index (χ1) is 11.9. The van der Waals surface area contributed by atoms with Crippen molar-refractivity contribution in [2.24, 2.45) is 0 Å². The number of benzene rings is 2. The molecule has 0 saturated carbocycles. The van der Waals surface area contributed by atoms with Crippen molar-refractivity contribution < 1.29 is 14.3 Å². The monoisotopic (exact) mass is 379 g/mol. The lowest BCUT2D eigenvalue weighted by Crippen LogP contribution is -2.38. The predicted molar refractivity (Wildman–Crippen MR) is 99.2 cm³/mol. The van der Waals surface area contributed by atoms with Gasteiger partial charge in [-0.3, -0.25) is 9.59 Å². The summed E-state index contributed by atoms with van der Waals surface area (Å²) in [7, 11) is 1.35. The lowest BCUT2D eigenvalue weighted by Gasteiger charge is -2.25. The van der Waals surface area contributed by atoms with Crippen LogP contribution in [0.2, 0.25) is 10.0 Å². The summed E-state index contributed by atoms with van der Waals surface area (Å²) in [6, 6.07) is 13.9. The molecule has 1 amide bonds. The first kappa shape index (κ1) is 19.3. The fraction of sp³-hybridized carbons (Fsp3) is 0.263. The highest BCUT2D eigenvalue weighted by Gasteiger charge is 2.25. The summed E-state index contributed by atoms with van der Waals surface area (Å²) in [5.41, 5.74) is 1.28. The smallest absolute Gasteiger partial charge is 0.306 e. The molecule has 0 aromatic heterocycles. The molecule has 2 aromatic carbocycles. The maximum absolute atomic E-state index is 12.5. The standard InChI is InChI=1S/C19H19Cl2NO3/c1-12(22-19(24)15-9-8-14(20)10-17(15)21)16(11-18(23)25-2)13-6-4-3-5-7-13/h3-10,12,16H,11H2,1-2H3,(H,22,24). The molecule has 4 nitrogen and oxygen atoms in total. The van der Waals surface area contributed by atoms with Gasteiger partial charge in [-0.05, 0) is 30.7 Å². The van der Waals surface area contributed by atoms with E-state index in [0.717, 1.165) is 5.56 Å². The van der Waals surface area contributed by atoms with Crippen molar-refractivity contribution in [3.8, 4) is 0 Å². The van der Waals surface area contributed by atoms with Crippen LogP contribution >= 0.6 is 23.2 Å². The quantitative estimate of drug-likeness (QED) is 0.753. The number of hydrogen-bond donors (Lipinski definition) is 1. The number of methoxy groups -OCH3 is 1. The summed E-state index contributed by atoms with van der Waals surface area (Å²) in [5.74, 6) is -0.872. The van der Waals surface area contributed by atoms with E-state index in [2.05, 4.69) is 5.32 Å². The SMILES string of the molecule is COC(=O)CC(c1ccccc1)C(C)NC(=O)c1ccc(Cl)cc1Cl. The maximum Gasteiger partial charge on any atom is 0.306 e. The number of halogens is 2. The van der Waals surface area contributed by atoms with E-state index in [0.29, 0.717) is 10.6 Å². The van der Waals surface area contributed by atoms with E-state index in [9.17, 15) is 9.59 Å². The number of ether oxygens (including phenoxy) is 1. The Morgan fingerprint density at radius 1 is 1.12 bits per heavy atom. The summed E-state index contributed by atoms with van der Waals surface area (Å²) in [4.78, 5) is 24.3. The van der Waals surface area contributed by atoms with E-state index in [4.69, 9.17) is 27.9 Å². The van der Waals surface area contributed by atoms with Crippen LogP contribution in [0.25, 0.3) is 0 Å². The summed E-state index contributed by atoms with van der Waals surface area (Å²) in [5, 5.41) is 3.65. The van der Waals surface area contributed by atoms with Gasteiger partial charge in [0.05, 0.1) is 24.1 Å². The number of amides is 1. The van der Waals surface area contributed by atoms with Gasteiger partial charge in [0.1, 0.15) is 0 Å². The lowest BCUT2D eigenvalue weighted by atomic mass is 9.89. The Morgan fingerprint density at radius 3 is 2.40 bits per heavy atom. The van der Waals surface area contributed by atoms with E-state index in [1.165, 1.54) is 13.2 Å². The fourth-order valence-corrected chi connectivity index (χ4v) is 3.10. The molecule has 2 aromatic rings. The maximum atomic E-state index is 12.5. The molecule has 0 radical (unpaired) electrons. The second-order valence-electron chi connectivity index (χ2n) is 5.68. The molecule has 2 atom stereocenters. The molecular weight excluding hydrogens is 361 g/mol. The molecule has 2 unspecified atom stereocenters. The average Bonchev–Trinajstić information content (AvgIpc) is 2.59. The number of carbonyl (C=O) groups excluding carboxylic acids is 2. The summed E-state index contributed by atoms with van der Waals surface area (Å²) < 4.78 is 4.79. The van der Waals surface area contributed by atoms with Gasteiger partial charge in [-0.25, -0.2) is 0 Å². The second kappa shape index (κ2) is 8.88. The lowest BCUT2D eigenvalue weighted by molar-refractivity contribution is -0.141. The topological polar surface area (TPSA) is 55.4 Å². The molecule has 0 heterocycles. The van der Waals surface area contributed by atoms with Crippen LogP contribution in [0.5, 0.6) is 0 Å². The van der Waals surface area contributed by atoms with Gasteiger partial charge in [0.25, 0.3) is 5.91 Å². The molecule has 6 heteroatoms. The molecule has 132 valence electrons. The highest BCUT2D eigenvalue weighted by molar-refractivity contribution is 6.36. The van der Waals surface area contributed by atoms with E-state index < -0.39 is 0 Å².